The van der Waals surface area contributed by atoms with E-state index >= 15 is 0 Å². The number of oxazole rings is 1. The Labute approximate surface area is 137 Å². The summed E-state index contributed by atoms with van der Waals surface area (Å²) >= 11 is 0. The molecule has 1 aliphatic heterocycles. The van der Waals surface area contributed by atoms with Crippen LogP contribution in [-0.4, -0.2) is 27.6 Å². The topological polar surface area (TPSA) is 95.8 Å². The highest BCUT2D eigenvalue weighted by Crippen LogP contribution is 2.40. The van der Waals surface area contributed by atoms with E-state index in [1.54, 1.807) is 0 Å². The maximum Gasteiger partial charge on any atom is 0.276 e. The Morgan fingerprint density at radius 2 is 2.25 bits per heavy atom. The third-order valence-corrected chi connectivity index (χ3v) is 4.61. The first-order chi connectivity index (χ1) is 11.8. The fourth-order valence-electron chi connectivity index (χ4n) is 3.13. The smallest absolute Gasteiger partial charge is 0.276 e. The molecule has 0 atom stereocenters. The minimum atomic E-state index is -0.207. The predicted molar refractivity (Wildman–Crippen MR) is 87.9 cm³/mol. The van der Waals surface area contributed by atoms with Gasteiger partial charge in [0.15, 0.2) is 17.2 Å². The fourth-order valence-corrected chi connectivity index (χ4v) is 3.13. The van der Waals surface area contributed by atoms with Gasteiger partial charge in [-0.1, -0.05) is 0 Å². The number of aromatic amines is 1. The fraction of sp³-hybridized carbons (Fsp3) is 0.353. The number of nitrogens with one attached hydrogen (secondary N) is 3. The number of fused-ring (bicyclic) bond motifs is 2. The van der Waals surface area contributed by atoms with Gasteiger partial charge in [0.05, 0.1) is 0 Å². The minimum Gasteiger partial charge on any atom is -0.440 e. The van der Waals surface area contributed by atoms with Gasteiger partial charge in [-0.2, -0.15) is 5.10 Å². The third-order valence-electron chi connectivity index (χ3n) is 4.61. The molecule has 0 unspecified atom stereocenters. The van der Waals surface area contributed by atoms with Gasteiger partial charge in [0.2, 0.25) is 0 Å². The van der Waals surface area contributed by atoms with E-state index in [9.17, 15) is 4.79 Å². The first-order valence-corrected chi connectivity index (χ1v) is 8.26. The highest BCUT2D eigenvalue weighted by molar-refractivity contribution is 6.04. The van der Waals surface area contributed by atoms with Gasteiger partial charge in [0, 0.05) is 42.4 Å². The molecule has 0 spiro atoms. The maximum absolute atomic E-state index is 12.5. The van der Waals surface area contributed by atoms with Gasteiger partial charge in [0.25, 0.3) is 5.91 Å². The van der Waals surface area contributed by atoms with Crippen molar-refractivity contribution in [2.75, 3.05) is 11.9 Å². The number of H-pyrrole nitrogens is 1. The number of hydrogen-bond donors (Lipinski definition) is 3. The standard InChI is InChI=1S/C17H17N5O2/c23-16(15-11-8-18-6-5-12(11)21-22-15)19-10-3-4-14-13(7-10)20-17(24-14)9-1-2-9/h3-4,7,9,18H,1-2,5-6,8H2,(H,19,23)(H,21,22). The molecule has 1 aliphatic carbocycles. The van der Waals surface area contributed by atoms with Crippen molar-refractivity contribution in [3.8, 4) is 0 Å². The molecule has 0 radical (unpaired) electrons. The summed E-state index contributed by atoms with van der Waals surface area (Å²) in [7, 11) is 0. The van der Waals surface area contributed by atoms with Crippen LogP contribution in [0.1, 0.15) is 46.4 Å². The monoisotopic (exact) mass is 323 g/mol. The van der Waals surface area contributed by atoms with Gasteiger partial charge in [-0.05, 0) is 31.0 Å². The van der Waals surface area contributed by atoms with Gasteiger partial charge in [-0.3, -0.25) is 9.89 Å². The van der Waals surface area contributed by atoms with Crippen LogP contribution in [0.25, 0.3) is 11.1 Å². The largest absolute Gasteiger partial charge is 0.440 e. The SMILES string of the molecule is O=C(Nc1ccc2oc(C3CC3)nc2c1)c1n[nH]c2c1CNCC2. The summed E-state index contributed by atoms with van der Waals surface area (Å²) < 4.78 is 5.75. The van der Waals surface area contributed by atoms with Crippen molar-refractivity contribution in [3.05, 3.63) is 41.0 Å². The lowest BCUT2D eigenvalue weighted by Gasteiger charge is -2.12. The molecule has 0 saturated heterocycles. The first kappa shape index (κ1) is 13.7. The van der Waals surface area contributed by atoms with E-state index in [4.69, 9.17) is 4.42 Å². The second kappa shape index (κ2) is 5.17. The van der Waals surface area contributed by atoms with Crippen LogP contribution >= 0.6 is 0 Å². The van der Waals surface area contributed by atoms with Crippen LogP contribution in [0.3, 0.4) is 0 Å². The van der Waals surface area contributed by atoms with Gasteiger partial charge in [0.1, 0.15) is 5.52 Å². The zero-order valence-corrected chi connectivity index (χ0v) is 13.1. The molecule has 0 bridgehead atoms. The van der Waals surface area contributed by atoms with Gasteiger partial charge >= 0.3 is 0 Å². The zero-order chi connectivity index (χ0) is 16.1. The number of aromatic nitrogens is 3. The normalized spacial score (nSPS) is 17.0. The van der Waals surface area contributed by atoms with Gasteiger partial charge < -0.3 is 15.1 Å². The number of nitrogens with zero attached hydrogens (tertiary/aromatic N) is 2. The molecular formula is C17H17N5O2. The summed E-state index contributed by atoms with van der Waals surface area (Å²) in [5, 5.41) is 13.3. The Bertz CT molecular complexity index is 938. The lowest BCUT2D eigenvalue weighted by atomic mass is 10.1. The quantitative estimate of drug-likeness (QED) is 0.687. The third kappa shape index (κ3) is 2.28. The van der Waals surface area contributed by atoms with Crippen LogP contribution in [-0.2, 0) is 13.0 Å². The number of benzene rings is 1. The summed E-state index contributed by atoms with van der Waals surface area (Å²) in [6, 6.07) is 5.53. The van der Waals surface area contributed by atoms with Crippen LogP contribution in [0.4, 0.5) is 5.69 Å². The molecule has 2 aliphatic rings. The van der Waals surface area contributed by atoms with E-state index < -0.39 is 0 Å². The van der Waals surface area contributed by atoms with Crippen molar-refractivity contribution >= 4 is 22.7 Å². The average Bonchev–Trinajstić information content (AvgIpc) is 3.21. The molecule has 1 fully saturated rings. The summed E-state index contributed by atoms with van der Waals surface area (Å²) in [6.07, 6.45) is 3.16. The van der Waals surface area contributed by atoms with Gasteiger partial charge in [-0.15, -0.1) is 0 Å². The van der Waals surface area contributed by atoms with Crippen molar-refractivity contribution in [2.24, 2.45) is 0 Å². The van der Waals surface area contributed by atoms with E-state index in [2.05, 4.69) is 25.8 Å². The average molecular weight is 323 g/mol. The van der Waals surface area contributed by atoms with Crippen molar-refractivity contribution < 1.29 is 9.21 Å². The lowest BCUT2D eigenvalue weighted by Crippen LogP contribution is -2.25. The van der Waals surface area contributed by atoms with Crippen LogP contribution in [0, 0.1) is 0 Å². The summed E-state index contributed by atoms with van der Waals surface area (Å²) in [6.45, 7) is 1.57. The molecule has 3 heterocycles. The molecule has 7 nitrogen and oxygen atoms in total. The van der Waals surface area contributed by atoms with Crippen LogP contribution in [0.2, 0.25) is 0 Å². The molecule has 122 valence electrons. The number of anilines is 1. The molecule has 3 aromatic rings. The Kier molecular flexibility index (Phi) is 2.96. The number of rotatable bonds is 3. The summed E-state index contributed by atoms with van der Waals surface area (Å²) in [5.41, 5.74) is 4.69. The maximum atomic E-state index is 12.5. The molecular weight excluding hydrogens is 306 g/mol. The van der Waals surface area contributed by atoms with Crippen LogP contribution in [0.5, 0.6) is 0 Å². The number of hydrogen-bond acceptors (Lipinski definition) is 5. The Morgan fingerprint density at radius 1 is 1.33 bits per heavy atom. The molecule has 7 heteroatoms. The Morgan fingerprint density at radius 3 is 3.12 bits per heavy atom. The highest BCUT2D eigenvalue weighted by atomic mass is 16.3. The molecule has 2 aromatic heterocycles. The van der Waals surface area contributed by atoms with E-state index in [0.717, 1.165) is 54.1 Å². The minimum absolute atomic E-state index is 0.207. The second-order valence-corrected chi connectivity index (χ2v) is 6.42. The van der Waals surface area contributed by atoms with Crippen molar-refractivity contribution in [2.45, 2.75) is 31.7 Å². The van der Waals surface area contributed by atoms with Crippen LogP contribution < -0.4 is 10.6 Å². The highest BCUT2D eigenvalue weighted by Gasteiger charge is 2.29. The van der Waals surface area contributed by atoms with Crippen molar-refractivity contribution in [1.82, 2.24) is 20.5 Å². The molecule has 5 rings (SSSR count). The molecule has 3 N–H and O–H groups in total. The second-order valence-electron chi connectivity index (χ2n) is 6.42. The van der Waals surface area contributed by atoms with E-state index in [1.807, 2.05) is 18.2 Å². The first-order valence-electron chi connectivity index (χ1n) is 8.26. The van der Waals surface area contributed by atoms with E-state index in [-0.39, 0.29) is 5.91 Å². The molecule has 1 amide bonds. The van der Waals surface area contributed by atoms with Crippen molar-refractivity contribution in [1.29, 1.82) is 0 Å². The number of carbonyl (C=O) groups excluding carboxylic acids is 1. The molecule has 1 aromatic carbocycles. The predicted octanol–water partition coefficient (Wildman–Crippen LogP) is 2.33. The Balaban J connectivity index is 1.41. The van der Waals surface area contributed by atoms with Crippen LogP contribution in [0.15, 0.2) is 22.6 Å². The Hall–Kier alpha value is -2.67. The van der Waals surface area contributed by atoms with Gasteiger partial charge in [-0.25, -0.2) is 4.98 Å². The number of carbonyl (C=O) groups is 1. The zero-order valence-electron chi connectivity index (χ0n) is 13.1. The number of amides is 1. The summed E-state index contributed by atoms with van der Waals surface area (Å²) in [5.74, 6) is 1.07. The van der Waals surface area contributed by atoms with E-state index in [1.165, 1.54) is 0 Å². The lowest BCUT2D eigenvalue weighted by molar-refractivity contribution is 0.102. The van der Waals surface area contributed by atoms with E-state index in [0.29, 0.717) is 23.8 Å². The molecule has 24 heavy (non-hydrogen) atoms. The summed E-state index contributed by atoms with van der Waals surface area (Å²) in [4.78, 5) is 17.1. The molecule has 1 saturated carbocycles. The van der Waals surface area contributed by atoms with Crippen molar-refractivity contribution in [3.63, 3.8) is 0 Å².